The number of imidazole rings is 1. The normalized spacial score (nSPS) is 19.6. The van der Waals surface area contributed by atoms with E-state index in [-0.39, 0.29) is 17.3 Å². The second-order valence-electron chi connectivity index (χ2n) is 7.60. The number of nitrogens with zero attached hydrogens (tertiary/aromatic N) is 3. The predicted octanol–water partition coefficient (Wildman–Crippen LogP) is 3.47. The summed E-state index contributed by atoms with van der Waals surface area (Å²) in [4.78, 5) is 8.60. The maximum atomic E-state index is 14.3. The van der Waals surface area contributed by atoms with Gasteiger partial charge in [-0.25, -0.2) is 14.4 Å². The molecule has 2 unspecified atom stereocenters. The molecule has 2 atom stereocenters. The predicted molar refractivity (Wildman–Crippen MR) is 104 cm³/mol. The standard InChI is InChI=1S/C20H21F4N5O/c1-19(30,20(22,23)24)12-4-5-18-26-10-16(29(18)11-12)15-7-13(21)8-17(28-15)27-14-3-2-6-25-9-14/h4-5,7-8,10-11,14,25,30H,2-3,6,9H2,1H3,(H,27,28). The summed E-state index contributed by atoms with van der Waals surface area (Å²) in [7, 11) is 0. The van der Waals surface area contributed by atoms with Gasteiger partial charge in [-0.2, -0.15) is 13.2 Å². The number of aliphatic hydroxyl groups is 1. The second kappa shape index (κ2) is 7.51. The molecule has 0 amide bonds. The van der Waals surface area contributed by atoms with Gasteiger partial charge in [-0.1, -0.05) is 6.07 Å². The van der Waals surface area contributed by atoms with Crippen LogP contribution in [-0.2, 0) is 5.60 Å². The molecule has 30 heavy (non-hydrogen) atoms. The Bertz CT molecular complexity index is 1060. The van der Waals surface area contributed by atoms with Crippen molar-refractivity contribution < 1.29 is 22.7 Å². The van der Waals surface area contributed by atoms with Crippen molar-refractivity contribution >= 4 is 11.5 Å². The maximum Gasteiger partial charge on any atom is 0.421 e. The van der Waals surface area contributed by atoms with Gasteiger partial charge in [-0.05, 0) is 32.4 Å². The van der Waals surface area contributed by atoms with Crippen LogP contribution in [0, 0.1) is 5.82 Å². The molecular weight excluding hydrogens is 402 g/mol. The van der Waals surface area contributed by atoms with Gasteiger partial charge in [-0.15, -0.1) is 0 Å². The molecular formula is C20H21F4N5O. The van der Waals surface area contributed by atoms with Crippen molar-refractivity contribution in [3.05, 3.63) is 48.0 Å². The highest BCUT2D eigenvalue weighted by molar-refractivity contribution is 5.62. The molecule has 0 spiro atoms. The molecule has 3 aromatic heterocycles. The van der Waals surface area contributed by atoms with Gasteiger partial charge in [0.15, 0.2) is 5.60 Å². The SMILES string of the molecule is CC(O)(c1ccc2ncc(-c3cc(F)cc(NC4CCCNC4)n3)n2c1)C(F)(F)F. The zero-order chi connectivity index (χ0) is 21.5. The topological polar surface area (TPSA) is 74.5 Å². The molecule has 1 saturated heterocycles. The summed E-state index contributed by atoms with van der Waals surface area (Å²) >= 11 is 0. The second-order valence-corrected chi connectivity index (χ2v) is 7.60. The van der Waals surface area contributed by atoms with Gasteiger partial charge in [0, 0.05) is 36.5 Å². The quantitative estimate of drug-likeness (QED) is 0.561. The molecule has 1 fully saturated rings. The van der Waals surface area contributed by atoms with E-state index in [1.54, 1.807) is 0 Å². The van der Waals surface area contributed by atoms with E-state index in [1.807, 2.05) is 0 Å². The van der Waals surface area contributed by atoms with Crippen LogP contribution in [0.2, 0.25) is 0 Å². The third-order valence-electron chi connectivity index (χ3n) is 5.32. The lowest BCUT2D eigenvalue weighted by Gasteiger charge is -2.26. The Morgan fingerprint density at radius 3 is 2.77 bits per heavy atom. The average Bonchev–Trinajstić information content (AvgIpc) is 3.10. The molecule has 3 aromatic rings. The van der Waals surface area contributed by atoms with Gasteiger partial charge in [0.05, 0.1) is 17.6 Å². The van der Waals surface area contributed by atoms with Crippen molar-refractivity contribution in [1.82, 2.24) is 19.7 Å². The van der Waals surface area contributed by atoms with Crippen LogP contribution in [0.5, 0.6) is 0 Å². The van der Waals surface area contributed by atoms with E-state index in [4.69, 9.17) is 0 Å². The minimum Gasteiger partial charge on any atom is -0.376 e. The highest BCUT2D eigenvalue weighted by Crippen LogP contribution is 2.38. The molecule has 6 nitrogen and oxygen atoms in total. The van der Waals surface area contributed by atoms with Crippen LogP contribution >= 0.6 is 0 Å². The summed E-state index contributed by atoms with van der Waals surface area (Å²) in [6.45, 7) is 2.36. The molecule has 3 N–H and O–H groups in total. The molecule has 4 rings (SSSR count). The molecule has 0 saturated carbocycles. The molecule has 4 heterocycles. The molecule has 0 aliphatic carbocycles. The first kappa shape index (κ1) is 20.5. The third kappa shape index (κ3) is 3.84. The number of fused-ring (bicyclic) bond motifs is 1. The van der Waals surface area contributed by atoms with Gasteiger partial charge in [0.2, 0.25) is 0 Å². The number of alkyl halides is 3. The third-order valence-corrected chi connectivity index (χ3v) is 5.32. The molecule has 1 aliphatic heterocycles. The summed E-state index contributed by atoms with van der Waals surface area (Å²) in [6, 6.07) is 5.12. The van der Waals surface area contributed by atoms with Crippen molar-refractivity contribution in [2.45, 2.75) is 37.6 Å². The van der Waals surface area contributed by atoms with Crippen LogP contribution in [0.15, 0.2) is 36.7 Å². The number of piperidine rings is 1. The Balaban J connectivity index is 1.73. The molecule has 10 heteroatoms. The zero-order valence-electron chi connectivity index (χ0n) is 16.2. The van der Waals surface area contributed by atoms with E-state index in [9.17, 15) is 22.7 Å². The fourth-order valence-corrected chi connectivity index (χ4v) is 3.51. The van der Waals surface area contributed by atoms with E-state index in [0.717, 1.165) is 32.1 Å². The number of anilines is 1. The van der Waals surface area contributed by atoms with Gasteiger partial charge < -0.3 is 15.7 Å². The Labute approximate surface area is 170 Å². The Morgan fingerprint density at radius 1 is 1.27 bits per heavy atom. The fraction of sp³-hybridized carbons (Fsp3) is 0.400. The zero-order valence-corrected chi connectivity index (χ0v) is 16.2. The number of aromatic nitrogens is 3. The van der Waals surface area contributed by atoms with E-state index in [1.165, 1.54) is 34.9 Å². The van der Waals surface area contributed by atoms with Crippen molar-refractivity contribution in [3.63, 3.8) is 0 Å². The summed E-state index contributed by atoms with van der Waals surface area (Å²) in [5.41, 5.74) is -2.51. The Hall–Kier alpha value is -2.72. The Morgan fingerprint density at radius 2 is 2.07 bits per heavy atom. The first-order valence-corrected chi connectivity index (χ1v) is 9.57. The molecule has 160 valence electrons. The number of nitrogens with one attached hydrogen (secondary N) is 2. The summed E-state index contributed by atoms with van der Waals surface area (Å²) in [5, 5.41) is 16.5. The van der Waals surface area contributed by atoms with E-state index < -0.39 is 17.6 Å². The number of hydrogen-bond acceptors (Lipinski definition) is 5. The number of rotatable bonds is 4. The highest BCUT2D eigenvalue weighted by Gasteiger charge is 2.51. The first-order valence-electron chi connectivity index (χ1n) is 9.57. The summed E-state index contributed by atoms with van der Waals surface area (Å²) in [6.07, 6.45) is -0.379. The van der Waals surface area contributed by atoms with Crippen LogP contribution in [-0.4, -0.2) is 44.8 Å². The van der Waals surface area contributed by atoms with E-state index >= 15 is 0 Å². The smallest absolute Gasteiger partial charge is 0.376 e. The largest absolute Gasteiger partial charge is 0.421 e. The van der Waals surface area contributed by atoms with Crippen LogP contribution in [0.3, 0.4) is 0 Å². The van der Waals surface area contributed by atoms with Gasteiger partial charge in [0.25, 0.3) is 0 Å². The molecule has 0 radical (unpaired) electrons. The Kier molecular flexibility index (Phi) is 5.15. The number of halogens is 4. The maximum absolute atomic E-state index is 14.3. The van der Waals surface area contributed by atoms with E-state index in [2.05, 4.69) is 20.6 Å². The van der Waals surface area contributed by atoms with E-state index in [0.29, 0.717) is 24.1 Å². The minimum atomic E-state index is -4.86. The van der Waals surface area contributed by atoms with Gasteiger partial charge in [-0.3, -0.25) is 4.40 Å². The summed E-state index contributed by atoms with van der Waals surface area (Å²) in [5.74, 6) is -0.188. The molecule has 0 bridgehead atoms. The molecule has 1 aliphatic rings. The van der Waals surface area contributed by atoms with Crippen LogP contribution in [0.1, 0.15) is 25.3 Å². The molecule has 0 aromatic carbocycles. The lowest BCUT2D eigenvalue weighted by atomic mass is 9.97. The van der Waals surface area contributed by atoms with Crippen molar-refractivity contribution in [2.75, 3.05) is 18.4 Å². The minimum absolute atomic E-state index is 0.108. The van der Waals surface area contributed by atoms with Gasteiger partial charge in [0.1, 0.15) is 17.3 Å². The monoisotopic (exact) mass is 423 g/mol. The number of pyridine rings is 2. The lowest BCUT2D eigenvalue weighted by molar-refractivity contribution is -0.259. The average molecular weight is 423 g/mol. The van der Waals surface area contributed by atoms with Crippen LogP contribution in [0.4, 0.5) is 23.4 Å². The van der Waals surface area contributed by atoms with Gasteiger partial charge >= 0.3 is 6.18 Å². The highest BCUT2D eigenvalue weighted by atomic mass is 19.4. The summed E-state index contributed by atoms with van der Waals surface area (Å²) < 4.78 is 55.4. The lowest BCUT2D eigenvalue weighted by Crippen LogP contribution is -2.39. The van der Waals surface area contributed by atoms with Crippen molar-refractivity contribution in [3.8, 4) is 11.4 Å². The number of hydrogen-bond donors (Lipinski definition) is 3. The first-order chi connectivity index (χ1) is 14.1. The van der Waals surface area contributed by atoms with Crippen molar-refractivity contribution in [1.29, 1.82) is 0 Å². The van der Waals surface area contributed by atoms with Crippen molar-refractivity contribution in [2.24, 2.45) is 0 Å². The van der Waals surface area contributed by atoms with Crippen LogP contribution < -0.4 is 10.6 Å². The van der Waals surface area contributed by atoms with Crippen LogP contribution in [0.25, 0.3) is 17.0 Å². The fourth-order valence-electron chi connectivity index (χ4n) is 3.51.